The van der Waals surface area contributed by atoms with E-state index in [9.17, 15) is 24.9 Å². The number of allylic oxidation sites excluding steroid dienone is 1. The Hall–Kier alpha value is -2.54. The fraction of sp³-hybridized carbons (Fsp3) is 0.500. The summed E-state index contributed by atoms with van der Waals surface area (Å²) in [7, 11) is 0. The first-order valence-electron chi connectivity index (χ1n) is 12.0. The molecule has 1 aromatic carbocycles. The number of carbonyl (C=O) groups excluding carboxylic acids is 2. The molecule has 6 nitrogen and oxygen atoms in total. The zero-order valence-corrected chi connectivity index (χ0v) is 20.2. The van der Waals surface area contributed by atoms with Gasteiger partial charge < -0.3 is 20.6 Å². The molecular weight excluding hydrogens is 430 g/mol. The fourth-order valence-electron chi connectivity index (χ4n) is 6.25. The Labute approximate surface area is 201 Å². The number of rotatable bonds is 2. The van der Waals surface area contributed by atoms with E-state index in [1.807, 2.05) is 44.2 Å². The van der Waals surface area contributed by atoms with Gasteiger partial charge in [0, 0.05) is 23.8 Å². The minimum Gasteiger partial charge on any atom is -0.388 e. The summed E-state index contributed by atoms with van der Waals surface area (Å²) in [6.07, 6.45) is 4.93. The van der Waals surface area contributed by atoms with Crippen molar-refractivity contribution in [2.24, 2.45) is 23.2 Å². The highest BCUT2D eigenvalue weighted by Crippen LogP contribution is 2.56. The molecule has 1 amide bonds. The van der Waals surface area contributed by atoms with Crippen LogP contribution in [0.5, 0.6) is 0 Å². The zero-order chi connectivity index (χ0) is 24.8. The van der Waals surface area contributed by atoms with Crippen LogP contribution in [-0.2, 0) is 16.0 Å². The second-order valence-corrected chi connectivity index (χ2v) is 10.4. The van der Waals surface area contributed by atoms with Gasteiger partial charge in [-0.2, -0.15) is 0 Å². The van der Waals surface area contributed by atoms with Crippen molar-refractivity contribution in [3.05, 3.63) is 71.3 Å². The summed E-state index contributed by atoms with van der Waals surface area (Å²) < 4.78 is 0. The lowest BCUT2D eigenvalue weighted by Gasteiger charge is -2.49. The van der Waals surface area contributed by atoms with Crippen LogP contribution in [0, 0.1) is 23.2 Å². The molecule has 1 aromatic rings. The van der Waals surface area contributed by atoms with Gasteiger partial charge in [-0.1, -0.05) is 61.1 Å². The molecule has 0 unspecified atom stereocenters. The van der Waals surface area contributed by atoms with Crippen LogP contribution in [-0.4, -0.2) is 50.9 Å². The molecule has 1 heterocycles. The van der Waals surface area contributed by atoms with E-state index >= 15 is 0 Å². The Morgan fingerprint density at radius 1 is 1.06 bits per heavy atom. The van der Waals surface area contributed by atoms with Crippen molar-refractivity contribution in [3.8, 4) is 0 Å². The summed E-state index contributed by atoms with van der Waals surface area (Å²) in [5.41, 5.74) is -0.394. The number of nitrogens with one attached hydrogen (secondary N) is 1. The molecule has 4 rings (SSSR count). The van der Waals surface area contributed by atoms with E-state index in [-0.39, 0.29) is 23.7 Å². The quantitative estimate of drug-likeness (QED) is 0.502. The van der Waals surface area contributed by atoms with Gasteiger partial charge in [0.15, 0.2) is 5.78 Å². The Morgan fingerprint density at radius 3 is 2.41 bits per heavy atom. The van der Waals surface area contributed by atoms with E-state index in [1.54, 1.807) is 19.1 Å². The number of amides is 1. The zero-order valence-electron chi connectivity index (χ0n) is 20.2. The molecule has 2 aliphatic carbocycles. The monoisotopic (exact) mass is 465 g/mol. The summed E-state index contributed by atoms with van der Waals surface area (Å²) in [4.78, 5) is 26.6. The third-order valence-electron chi connectivity index (χ3n) is 8.22. The van der Waals surface area contributed by atoms with Crippen LogP contribution < -0.4 is 5.32 Å². The molecule has 1 saturated heterocycles. The first kappa shape index (κ1) is 24.6. The van der Waals surface area contributed by atoms with Crippen molar-refractivity contribution in [3.63, 3.8) is 0 Å². The van der Waals surface area contributed by atoms with Gasteiger partial charge in [-0.15, -0.1) is 0 Å². The first-order valence-corrected chi connectivity index (χ1v) is 12.0. The van der Waals surface area contributed by atoms with Crippen LogP contribution in [0.1, 0.15) is 39.7 Å². The molecule has 1 spiro atoms. The molecule has 1 fully saturated rings. The van der Waals surface area contributed by atoms with Crippen LogP contribution in [0.15, 0.2) is 65.8 Å². The van der Waals surface area contributed by atoms with Crippen molar-refractivity contribution in [1.82, 2.24) is 5.32 Å². The van der Waals surface area contributed by atoms with Crippen LogP contribution in [0.2, 0.25) is 0 Å². The number of aliphatic hydroxyl groups is 3. The molecule has 3 aliphatic rings. The van der Waals surface area contributed by atoms with E-state index in [4.69, 9.17) is 0 Å². The molecule has 8 atom stereocenters. The van der Waals surface area contributed by atoms with E-state index in [2.05, 4.69) is 5.32 Å². The molecule has 0 bridgehead atoms. The first-order chi connectivity index (χ1) is 16.0. The minimum absolute atomic E-state index is 0.275. The lowest BCUT2D eigenvalue weighted by molar-refractivity contribution is -0.141. The van der Waals surface area contributed by atoms with Gasteiger partial charge >= 0.3 is 0 Å². The Bertz CT molecular complexity index is 1060. The Balaban J connectivity index is 1.89. The van der Waals surface area contributed by atoms with Crippen LogP contribution in [0.3, 0.4) is 0 Å². The molecule has 34 heavy (non-hydrogen) atoms. The number of benzene rings is 1. The van der Waals surface area contributed by atoms with Crippen molar-refractivity contribution in [2.45, 2.75) is 64.4 Å². The molecule has 0 saturated carbocycles. The van der Waals surface area contributed by atoms with E-state index in [1.165, 1.54) is 19.1 Å². The molecule has 4 N–H and O–H groups in total. The highest BCUT2D eigenvalue weighted by Gasteiger charge is 2.66. The summed E-state index contributed by atoms with van der Waals surface area (Å²) in [5.74, 6) is -2.21. The largest absolute Gasteiger partial charge is 0.388 e. The molecule has 0 aromatic heterocycles. The van der Waals surface area contributed by atoms with Crippen molar-refractivity contribution in [1.29, 1.82) is 0 Å². The predicted octanol–water partition coefficient (Wildman–Crippen LogP) is 2.49. The number of ketones is 1. The SMILES string of the molecule is CC1=C(C)[C@H]2[C@H](Cc3ccccc3)NC(=O)[C@]23[C@H](O)/C=C\[C@@](C)(O)C(=O)[C@@H](C)C/C=C\[C@H]3[C@@H]1O. The van der Waals surface area contributed by atoms with Crippen molar-refractivity contribution in [2.75, 3.05) is 0 Å². The third-order valence-corrected chi connectivity index (χ3v) is 8.22. The molecule has 0 radical (unpaired) electrons. The predicted molar refractivity (Wildman–Crippen MR) is 130 cm³/mol. The lowest BCUT2D eigenvalue weighted by atomic mass is 9.54. The average Bonchev–Trinajstić information content (AvgIpc) is 3.09. The summed E-state index contributed by atoms with van der Waals surface area (Å²) in [6, 6.07) is 9.60. The maximum Gasteiger partial charge on any atom is 0.230 e. The number of hydrogen-bond acceptors (Lipinski definition) is 5. The molecule has 1 aliphatic heterocycles. The van der Waals surface area contributed by atoms with Crippen LogP contribution in [0.25, 0.3) is 0 Å². The third kappa shape index (κ3) is 3.78. The summed E-state index contributed by atoms with van der Waals surface area (Å²) >= 11 is 0. The summed E-state index contributed by atoms with van der Waals surface area (Å²) in [6.45, 7) is 6.95. The number of hydrogen-bond donors (Lipinski definition) is 4. The standard InChI is InChI=1S/C28H35NO5/c1-16-9-8-12-20-24(31)18(3)17(2)23-21(15-19-10-6-5-7-11-19)29-26(33)28(20,23)22(30)13-14-27(4,34)25(16)32/h5-8,10-14,16,20-24,30-31,34H,9,15H2,1-4H3,(H,29,33)/b12-8-,14-13-/t16-,20-,21-,22+,23-,24+,27+,28+/m0/s1. The molecule has 6 heteroatoms. The second-order valence-electron chi connectivity index (χ2n) is 10.4. The highest BCUT2D eigenvalue weighted by atomic mass is 16.3. The number of aliphatic hydroxyl groups excluding tert-OH is 2. The maximum atomic E-state index is 13.8. The average molecular weight is 466 g/mol. The van der Waals surface area contributed by atoms with E-state index in [0.717, 1.165) is 16.7 Å². The van der Waals surface area contributed by atoms with Crippen LogP contribution >= 0.6 is 0 Å². The van der Waals surface area contributed by atoms with Crippen molar-refractivity contribution < 1.29 is 24.9 Å². The Morgan fingerprint density at radius 2 is 1.74 bits per heavy atom. The van der Waals surface area contributed by atoms with Crippen LogP contribution in [0.4, 0.5) is 0 Å². The van der Waals surface area contributed by atoms with Gasteiger partial charge in [-0.3, -0.25) is 9.59 Å². The number of carbonyl (C=O) groups is 2. The smallest absolute Gasteiger partial charge is 0.230 e. The van der Waals surface area contributed by atoms with Gasteiger partial charge in [0.25, 0.3) is 0 Å². The van der Waals surface area contributed by atoms with Gasteiger partial charge in [0.1, 0.15) is 5.60 Å². The highest BCUT2D eigenvalue weighted by molar-refractivity contribution is 5.91. The van der Waals surface area contributed by atoms with Crippen molar-refractivity contribution >= 4 is 11.7 Å². The lowest BCUT2D eigenvalue weighted by Crippen LogP contribution is -2.57. The van der Waals surface area contributed by atoms with Gasteiger partial charge in [-0.05, 0) is 50.8 Å². The number of Topliss-reactive ketones (excluding diaryl/α,β-unsaturated/α-hetero) is 1. The van der Waals surface area contributed by atoms with E-state index in [0.29, 0.717) is 12.8 Å². The normalized spacial score (nSPS) is 42.3. The molecule has 182 valence electrons. The van der Waals surface area contributed by atoms with Gasteiger partial charge in [0.2, 0.25) is 5.91 Å². The maximum absolute atomic E-state index is 13.8. The second kappa shape index (κ2) is 8.91. The fourth-order valence-corrected chi connectivity index (χ4v) is 6.25. The Kier molecular flexibility index (Phi) is 6.44. The molecular formula is C28H35NO5. The summed E-state index contributed by atoms with van der Waals surface area (Å²) in [5, 5.41) is 36.9. The topological polar surface area (TPSA) is 107 Å². The van der Waals surface area contributed by atoms with E-state index < -0.39 is 35.1 Å². The minimum atomic E-state index is -1.77. The van der Waals surface area contributed by atoms with Gasteiger partial charge in [0.05, 0.1) is 17.6 Å². The van der Waals surface area contributed by atoms with Gasteiger partial charge in [-0.25, -0.2) is 0 Å².